The van der Waals surface area contributed by atoms with Crippen LogP contribution in [-0.2, 0) is 18.4 Å². The van der Waals surface area contributed by atoms with Crippen LogP contribution in [0, 0.1) is 0 Å². The Bertz CT molecular complexity index is 1170. The lowest BCUT2D eigenvalue weighted by atomic mass is 10.0. The largest absolute Gasteiger partial charge is 0.472 e. The topological polar surface area (TPSA) is 105 Å². The highest BCUT2D eigenvalue weighted by Crippen LogP contribution is 2.43. The molecule has 0 aromatic heterocycles. The predicted molar refractivity (Wildman–Crippen MR) is 249 cm³/mol. The van der Waals surface area contributed by atoms with Crippen molar-refractivity contribution in [2.45, 2.75) is 193 Å². The molecule has 0 fully saturated rings. The van der Waals surface area contributed by atoms with Gasteiger partial charge >= 0.3 is 7.82 Å². The van der Waals surface area contributed by atoms with Crippen LogP contribution in [0.2, 0.25) is 0 Å². The summed E-state index contributed by atoms with van der Waals surface area (Å²) in [6.45, 7) is 4.70. The summed E-state index contributed by atoms with van der Waals surface area (Å²) in [6, 6.07) is -0.763. The van der Waals surface area contributed by atoms with Gasteiger partial charge in [-0.3, -0.25) is 13.8 Å². The Labute approximate surface area is 357 Å². The zero-order chi connectivity index (χ0) is 42.8. The van der Waals surface area contributed by atoms with Crippen LogP contribution in [0.3, 0.4) is 0 Å². The van der Waals surface area contributed by atoms with Crippen molar-refractivity contribution in [3.05, 3.63) is 72.9 Å². The first-order valence-corrected chi connectivity index (χ1v) is 24.8. The van der Waals surface area contributed by atoms with E-state index in [9.17, 15) is 19.4 Å². The van der Waals surface area contributed by atoms with E-state index in [0.29, 0.717) is 23.9 Å². The van der Waals surface area contributed by atoms with Crippen LogP contribution in [0.4, 0.5) is 0 Å². The molecule has 336 valence electrons. The predicted octanol–water partition coefficient (Wildman–Crippen LogP) is 13.2. The zero-order valence-corrected chi connectivity index (χ0v) is 38.9. The second-order valence-electron chi connectivity index (χ2n) is 16.8. The minimum absolute atomic E-state index is 0.0701. The number of carbonyl (C=O) groups excluding carboxylic acids is 1. The smallest absolute Gasteiger partial charge is 0.391 e. The second kappa shape index (κ2) is 40.4. The summed E-state index contributed by atoms with van der Waals surface area (Å²) in [4.78, 5) is 23.1. The number of aliphatic hydroxyl groups excluding tert-OH is 1. The van der Waals surface area contributed by atoms with Crippen LogP contribution < -0.4 is 5.32 Å². The quantitative estimate of drug-likeness (QED) is 0.0245. The highest BCUT2D eigenvalue weighted by Gasteiger charge is 2.28. The van der Waals surface area contributed by atoms with Crippen LogP contribution in [0.25, 0.3) is 0 Å². The van der Waals surface area contributed by atoms with Crippen LogP contribution in [0.1, 0.15) is 181 Å². The highest BCUT2D eigenvalue weighted by atomic mass is 31.2. The number of unbranched alkanes of at least 4 members (excludes halogenated alkanes) is 16. The summed E-state index contributed by atoms with van der Waals surface area (Å²) in [5, 5.41) is 13.8. The van der Waals surface area contributed by atoms with Gasteiger partial charge in [-0.05, 0) is 64.2 Å². The van der Waals surface area contributed by atoms with Gasteiger partial charge in [-0.15, -0.1) is 0 Å². The average Bonchev–Trinajstić information content (AvgIpc) is 3.17. The van der Waals surface area contributed by atoms with Crippen LogP contribution >= 0.6 is 7.82 Å². The molecule has 0 spiro atoms. The van der Waals surface area contributed by atoms with E-state index >= 15 is 0 Å². The number of quaternary nitrogens is 1. The molecular formula is C49H90N2O6P+. The summed E-state index contributed by atoms with van der Waals surface area (Å²) >= 11 is 0. The van der Waals surface area contributed by atoms with Crippen molar-refractivity contribution >= 4 is 13.7 Å². The summed E-state index contributed by atoms with van der Waals surface area (Å²) in [7, 11) is 1.60. The molecule has 58 heavy (non-hydrogen) atoms. The van der Waals surface area contributed by atoms with Crippen molar-refractivity contribution < 1.29 is 32.9 Å². The Morgan fingerprint density at radius 3 is 1.52 bits per heavy atom. The fraction of sp³-hybridized carbons (Fsp3) is 0.735. The molecular weight excluding hydrogens is 744 g/mol. The number of likely N-dealkylation sites (N-methyl/N-ethyl adjacent to an activating group) is 1. The molecule has 0 bridgehead atoms. The molecule has 0 radical (unpaired) electrons. The molecule has 9 heteroatoms. The molecule has 0 heterocycles. The number of allylic oxidation sites excluding steroid dienone is 12. The molecule has 0 aromatic carbocycles. The first-order chi connectivity index (χ1) is 28.0. The van der Waals surface area contributed by atoms with Gasteiger partial charge in [-0.25, -0.2) is 4.57 Å². The summed E-state index contributed by atoms with van der Waals surface area (Å²) in [5.41, 5.74) is 0. The van der Waals surface area contributed by atoms with Crippen molar-refractivity contribution in [2.24, 2.45) is 0 Å². The molecule has 3 N–H and O–H groups in total. The molecule has 0 saturated carbocycles. The van der Waals surface area contributed by atoms with Gasteiger partial charge in [0.05, 0.1) is 39.9 Å². The van der Waals surface area contributed by atoms with Crippen molar-refractivity contribution in [1.82, 2.24) is 5.32 Å². The summed E-state index contributed by atoms with van der Waals surface area (Å²) in [6.07, 6.45) is 53.9. The standard InChI is InChI=1S/C49H89N2O6P/c1-6-8-10-12-14-15-16-17-18-19-20-21-22-23-24-25-26-27-28-29-30-31-32-33-34-35-37-39-41-43-49(53)50-47(48(52)42-40-38-36-13-11-9-7-2)46-57-58(54,55)56-45-44-51(3,4)5/h8,10,14-15,17-18,20-21,23-24,26-27,47-48,52H,6-7,9,11-13,16,19,22,25,28-46H2,1-5H3,(H-,50,53,54,55)/p+1/b10-8-,15-14-,18-17-,21-20-,24-23-,27-26-. The third-order valence-corrected chi connectivity index (χ3v) is 11.0. The maximum Gasteiger partial charge on any atom is 0.472 e. The molecule has 0 saturated heterocycles. The van der Waals surface area contributed by atoms with Gasteiger partial charge in [0.25, 0.3) is 0 Å². The summed E-state index contributed by atoms with van der Waals surface area (Å²) < 4.78 is 23.5. The average molecular weight is 834 g/mol. The van der Waals surface area contributed by atoms with Gasteiger partial charge in [0, 0.05) is 6.42 Å². The van der Waals surface area contributed by atoms with Gasteiger partial charge < -0.3 is 19.8 Å². The minimum Gasteiger partial charge on any atom is -0.391 e. The van der Waals surface area contributed by atoms with Crippen molar-refractivity contribution in [3.8, 4) is 0 Å². The number of rotatable bonds is 41. The molecule has 8 nitrogen and oxygen atoms in total. The number of phosphoric ester groups is 1. The number of amides is 1. The van der Waals surface area contributed by atoms with Crippen molar-refractivity contribution in [2.75, 3.05) is 40.9 Å². The number of nitrogens with one attached hydrogen (secondary N) is 1. The molecule has 0 aliphatic rings. The monoisotopic (exact) mass is 834 g/mol. The van der Waals surface area contributed by atoms with E-state index in [1.165, 1.54) is 70.6 Å². The Morgan fingerprint density at radius 1 is 0.603 bits per heavy atom. The number of nitrogens with zero attached hydrogens (tertiary/aromatic N) is 1. The number of carbonyl (C=O) groups is 1. The number of phosphoric acid groups is 1. The first-order valence-electron chi connectivity index (χ1n) is 23.3. The van der Waals surface area contributed by atoms with Gasteiger partial charge in [0.2, 0.25) is 5.91 Å². The normalized spacial score (nSPS) is 14.9. The summed E-state index contributed by atoms with van der Waals surface area (Å²) in [5.74, 6) is -0.157. The molecule has 0 aliphatic heterocycles. The lowest BCUT2D eigenvalue weighted by molar-refractivity contribution is -0.870. The van der Waals surface area contributed by atoms with Crippen molar-refractivity contribution in [3.63, 3.8) is 0 Å². The number of hydrogen-bond acceptors (Lipinski definition) is 5. The Hall–Kier alpha value is -2.06. The van der Waals surface area contributed by atoms with Gasteiger partial charge in [-0.2, -0.15) is 0 Å². The third-order valence-electron chi connectivity index (χ3n) is 9.97. The van der Waals surface area contributed by atoms with Crippen LogP contribution in [0.5, 0.6) is 0 Å². The van der Waals surface area contributed by atoms with E-state index in [1.54, 1.807) is 0 Å². The van der Waals surface area contributed by atoms with E-state index in [-0.39, 0.29) is 19.1 Å². The van der Waals surface area contributed by atoms with E-state index < -0.39 is 20.0 Å². The Kier molecular flexibility index (Phi) is 38.9. The lowest BCUT2D eigenvalue weighted by Crippen LogP contribution is -2.46. The highest BCUT2D eigenvalue weighted by molar-refractivity contribution is 7.47. The van der Waals surface area contributed by atoms with Gasteiger partial charge in [0.1, 0.15) is 13.2 Å². The minimum atomic E-state index is -4.31. The van der Waals surface area contributed by atoms with Crippen LogP contribution in [0.15, 0.2) is 72.9 Å². The zero-order valence-electron chi connectivity index (χ0n) is 38.0. The molecule has 0 aromatic rings. The Morgan fingerprint density at radius 2 is 1.03 bits per heavy atom. The second-order valence-corrected chi connectivity index (χ2v) is 18.2. The van der Waals surface area contributed by atoms with E-state index in [2.05, 4.69) is 92.1 Å². The molecule has 1 amide bonds. The van der Waals surface area contributed by atoms with Gasteiger partial charge in [-0.1, -0.05) is 183 Å². The lowest BCUT2D eigenvalue weighted by Gasteiger charge is -2.26. The van der Waals surface area contributed by atoms with E-state index in [0.717, 1.165) is 83.5 Å². The fourth-order valence-corrected chi connectivity index (χ4v) is 7.02. The number of aliphatic hydroxyl groups is 1. The SMILES string of the molecule is CC/C=C\C/C=C\C/C=C\C/C=C\C/C=C\C/C=C\CCCCCCCCCCCCC(=O)NC(COP(=O)(O)OCC[N+](C)(C)C)C(O)CCCCCCCCC. The maximum absolute atomic E-state index is 12.8. The van der Waals surface area contributed by atoms with Gasteiger partial charge in [0.15, 0.2) is 0 Å². The first kappa shape index (κ1) is 55.9. The molecule has 3 unspecified atom stereocenters. The number of hydrogen-bond donors (Lipinski definition) is 3. The van der Waals surface area contributed by atoms with E-state index in [1.807, 2.05) is 21.1 Å². The molecule has 3 atom stereocenters. The molecule has 0 rings (SSSR count). The Balaban J connectivity index is 4.07. The van der Waals surface area contributed by atoms with E-state index in [4.69, 9.17) is 9.05 Å². The molecule has 0 aliphatic carbocycles. The third kappa shape index (κ3) is 42.1. The maximum atomic E-state index is 12.8. The fourth-order valence-electron chi connectivity index (χ4n) is 6.28. The van der Waals surface area contributed by atoms with Crippen molar-refractivity contribution in [1.29, 1.82) is 0 Å². The van der Waals surface area contributed by atoms with Crippen LogP contribution in [-0.4, -0.2) is 73.4 Å².